The lowest BCUT2D eigenvalue weighted by Gasteiger charge is -2.02. The molecule has 0 aromatic carbocycles. The molecule has 0 aromatic rings. The predicted molar refractivity (Wildman–Crippen MR) is 50.1 cm³/mol. The van der Waals surface area contributed by atoms with Gasteiger partial charge in [0.25, 0.3) is 0 Å². The van der Waals surface area contributed by atoms with Gasteiger partial charge in [0.2, 0.25) is 0 Å². The first kappa shape index (κ1) is 11.6. The third-order valence-corrected chi connectivity index (χ3v) is 1.97. The van der Waals surface area contributed by atoms with E-state index < -0.39 is 0 Å². The summed E-state index contributed by atoms with van der Waals surface area (Å²) in [6, 6.07) is 0. The predicted octanol–water partition coefficient (Wildman–Crippen LogP) is 2.30. The molecule has 0 heterocycles. The maximum absolute atomic E-state index is 10.9. The van der Waals surface area contributed by atoms with Crippen molar-refractivity contribution < 1.29 is 9.90 Å². The number of rotatable bonds is 7. The van der Waals surface area contributed by atoms with E-state index in [1.165, 1.54) is 0 Å². The molecule has 0 aliphatic heterocycles. The maximum Gasteiger partial charge on any atom is 0.132 e. The summed E-state index contributed by atoms with van der Waals surface area (Å²) < 4.78 is 0. The summed E-state index contributed by atoms with van der Waals surface area (Å²) in [6.07, 6.45) is 5.14. The molecule has 0 aromatic heterocycles. The molecule has 0 spiro atoms. The number of carbonyl (C=O) groups is 1. The van der Waals surface area contributed by atoms with Crippen molar-refractivity contribution in [3.63, 3.8) is 0 Å². The van der Waals surface area contributed by atoms with Gasteiger partial charge in [0.15, 0.2) is 0 Å². The first-order valence-electron chi connectivity index (χ1n) is 4.86. The van der Waals surface area contributed by atoms with Crippen LogP contribution in [0, 0.1) is 0 Å². The van der Waals surface area contributed by atoms with E-state index in [9.17, 15) is 4.79 Å². The fraction of sp³-hybridized carbons (Fsp3) is 0.900. The molecule has 0 aliphatic carbocycles. The Labute approximate surface area is 75.0 Å². The van der Waals surface area contributed by atoms with Crippen molar-refractivity contribution in [3.8, 4) is 0 Å². The van der Waals surface area contributed by atoms with Crippen LogP contribution in [0.15, 0.2) is 0 Å². The number of ketones is 1. The Morgan fingerprint density at radius 2 is 2.00 bits per heavy atom. The zero-order valence-electron chi connectivity index (χ0n) is 8.18. The summed E-state index contributed by atoms with van der Waals surface area (Å²) in [5, 5.41) is 8.94. The molecule has 0 saturated carbocycles. The Kier molecular flexibility index (Phi) is 7.06. The van der Waals surface area contributed by atoms with E-state index >= 15 is 0 Å². The first-order chi connectivity index (χ1) is 5.66. The van der Waals surface area contributed by atoms with E-state index in [0.29, 0.717) is 12.2 Å². The van der Waals surface area contributed by atoms with E-state index in [-0.39, 0.29) is 6.10 Å². The Hall–Kier alpha value is -0.370. The van der Waals surface area contributed by atoms with Crippen LogP contribution >= 0.6 is 0 Å². The van der Waals surface area contributed by atoms with Gasteiger partial charge in [-0.2, -0.15) is 0 Å². The van der Waals surface area contributed by atoms with Crippen LogP contribution in [0.25, 0.3) is 0 Å². The minimum absolute atomic E-state index is 0.188. The third-order valence-electron chi connectivity index (χ3n) is 1.97. The normalized spacial score (nSPS) is 12.9. The minimum atomic E-state index is -0.188. The van der Waals surface area contributed by atoms with Crippen LogP contribution in [0.5, 0.6) is 0 Å². The Morgan fingerprint density at radius 3 is 2.50 bits per heavy atom. The molecule has 1 N–H and O–H groups in total. The summed E-state index contributed by atoms with van der Waals surface area (Å²) >= 11 is 0. The number of carbonyl (C=O) groups excluding carboxylic acids is 1. The topological polar surface area (TPSA) is 37.3 Å². The highest BCUT2D eigenvalue weighted by molar-refractivity contribution is 5.77. The van der Waals surface area contributed by atoms with Crippen molar-refractivity contribution in [2.24, 2.45) is 0 Å². The van der Waals surface area contributed by atoms with Gasteiger partial charge in [-0.1, -0.05) is 19.8 Å². The average molecular weight is 172 g/mol. The molecule has 0 aliphatic rings. The van der Waals surface area contributed by atoms with Gasteiger partial charge in [-0.3, -0.25) is 4.79 Å². The average Bonchev–Trinajstić information content (AvgIpc) is 2.03. The highest BCUT2D eigenvalue weighted by Gasteiger charge is 1.98. The second-order valence-corrected chi connectivity index (χ2v) is 3.34. The fourth-order valence-corrected chi connectivity index (χ4v) is 1.12. The van der Waals surface area contributed by atoms with Gasteiger partial charge in [-0.15, -0.1) is 0 Å². The lowest BCUT2D eigenvalue weighted by atomic mass is 10.1. The van der Waals surface area contributed by atoms with E-state index in [1.54, 1.807) is 6.92 Å². The van der Waals surface area contributed by atoms with Gasteiger partial charge >= 0.3 is 0 Å². The van der Waals surface area contributed by atoms with Gasteiger partial charge in [0.1, 0.15) is 5.78 Å². The van der Waals surface area contributed by atoms with Crippen molar-refractivity contribution in [1.29, 1.82) is 0 Å². The molecule has 0 fully saturated rings. The number of hydrogen-bond donors (Lipinski definition) is 1. The zero-order valence-corrected chi connectivity index (χ0v) is 8.18. The molecule has 0 radical (unpaired) electrons. The van der Waals surface area contributed by atoms with Crippen LogP contribution in [0.4, 0.5) is 0 Å². The van der Waals surface area contributed by atoms with Crippen molar-refractivity contribution in [2.45, 2.75) is 58.5 Å². The quantitative estimate of drug-likeness (QED) is 0.598. The monoisotopic (exact) mass is 172 g/mol. The maximum atomic E-state index is 10.9. The molecule has 1 unspecified atom stereocenters. The van der Waals surface area contributed by atoms with Crippen molar-refractivity contribution >= 4 is 5.78 Å². The first-order valence-corrected chi connectivity index (χ1v) is 4.86. The lowest BCUT2D eigenvalue weighted by molar-refractivity contribution is -0.118. The molecule has 0 amide bonds. The van der Waals surface area contributed by atoms with Gasteiger partial charge in [-0.25, -0.2) is 0 Å². The van der Waals surface area contributed by atoms with Crippen molar-refractivity contribution in [2.75, 3.05) is 0 Å². The summed E-state index contributed by atoms with van der Waals surface area (Å²) in [6.45, 7) is 3.70. The SMILES string of the molecule is CCC(=O)CCCCCC(C)O. The molecule has 2 nitrogen and oxygen atoms in total. The van der Waals surface area contributed by atoms with E-state index in [2.05, 4.69) is 0 Å². The molecular weight excluding hydrogens is 152 g/mol. The van der Waals surface area contributed by atoms with Crippen LogP contribution in [0.2, 0.25) is 0 Å². The second-order valence-electron chi connectivity index (χ2n) is 3.34. The number of unbranched alkanes of at least 4 members (excludes halogenated alkanes) is 2. The molecule has 0 bridgehead atoms. The largest absolute Gasteiger partial charge is 0.393 e. The van der Waals surface area contributed by atoms with Crippen molar-refractivity contribution in [3.05, 3.63) is 0 Å². The summed E-state index contributed by atoms with van der Waals surface area (Å²) in [4.78, 5) is 10.9. The molecule has 12 heavy (non-hydrogen) atoms. The van der Waals surface area contributed by atoms with Crippen molar-refractivity contribution in [1.82, 2.24) is 0 Å². The van der Waals surface area contributed by atoms with Gasteiger partial charge in [-0.05, 0) is 19.8 Å². The highest BCUT2D eigenvalue weighted by Crippen LogP contribution is 2.06. The molecule has 0 rings (SSSR count). The summed E-state index contributed by atoms with van der Waals surface area (Å²) in [5.74, 6) is 0.354. The summed E-state index contributed by atoms with van der Waals surface area (Å²) in [5.41, 5.74) is 0. The Balaban J connectivity index is 3.05. The standard InChI is InChI=1S/C10H20O2/c1-3-10(12)8-6-4-5-7-9(2)11/h9,11H,3-8H2,1-2H3. The smallest absolute Gasteiger partial charge is 0.132 e. The van der Waals surface area contributed by atoms with Gasteiger partial charge in [0.05, 0.1) is 6.10 Å². The van der Waals surface area contributed by atoms with Crippen LogP contribution in [-0.2, 0) is 4.79 Å². The molecule has 0 saturated heterocycles. The van der Waals surface area contributed by atoms with Crippen LogP contribution in [0.1, 0.15) is 52.4 Å². The van der Waals surface area contributed by atoms with Crippen LogP contribution in [-0.4, -0.2) is 17.0 Å². The van der Waals surface area contributed by atoms with Crippen LogP contribution in [0.3, 0.4) is 0 Å². The molecule has 72 valence electrons. The number of aliphatic hydroxyl groups is 1. The summed E-state index contributed by atoms with van der Waals surface area (Å²) in [7, 11) is 0. The minimum Gasteiger partial charge on any atom is -0.393 e. The highest BCUT2D eigenvalue weighted by atomic mass is 16.3. The molecule has 2 heteroatoms. The molecular formula is C10H20O2. The second kappa shape index (κ2) is 7.29. The fourth-order valence-electron chi connectivity index (χ4n) is 1.12. The number of hydrogen-bond acceptors (Lipinski definition) is 2. The van der Waals surface area contributed by atoms with Crippen LogP contribution < -0.4 is 0 Å². The Bertz CT molecular complexity index is 119. The Morgan fingerprint density at radius 1 is 1.33 bits per heavy atom. The van der Waals surface area contributed by atoms with Gasteiger partial charge in [0, 0.05) is 12.8 Å². The van der Waals surface area contributed by atoms with E-state index in [0.717, 1.165) is 32.1 Å². The third kappa shape index (κ3) is 7.73. The number of aliphatic hydroxyl groups excluding tert-OH is 1. The van der Waals surface area contributed by atoms with E-state index in [1.807, 2.05) is 6.92 Å². The lowest BCUT2D eigenvalue weighted by Crippen LogP contribution is -1.99. The van der Waals surface area contributed by atoms with Gasteiger partial charge < -0.3 is 5.11 Å². The molecule has 1 atom stereocenters. The van der Waals surface area contributed by atoms with E-state index in [4.69, 9.17) is 5.11 Å². The number of Topliss-reactive ketones (excluding diaryl/α,β-unsaturated/α-hetero) is 1. The zero-order chi connectivity index (χ0) is 9.40.